The summed E-state index contributed by atoms with van der Waals surface area (Å²) < 4.78 is 0. The van der Waals surface area contributed by atoms with Crippen molar-refractivity contribution in [3.8, 4) is 0 Å². The highest BCUT2D eigenvalue weighted by atomic mass is 35.5. The van der Waals surface area contributed by atoms with E-state index in [4.69, 9.17) is 11.6 Å². The third-order valence-electron chi connectivity index (χ3n) is 2.77. The van der Waals surface area contributed by atoms with E-state index < -0.39 is 0 Å². The summed E-state index contributed by atoms with van der Waals surface area (Å²) >= 11 is 5.27. The molecule has 0 saturated heterocycles. The largest absolute Gasteiger partial charge is 0.281 e. The normalized spacial score (nSPS) is 11.5. The Labute approximate surface area is 112 Å². The van der Waals surface area contributed by atoms with Gasteiger partial charge >= 0.3 is 0 Å². The van der Waals surface area contributed by atoms with Crippen LogP contribution in [0.15, 0.2) is 12.2 Å². The van der Waals surface area contributed by atoms with Crippen molar-refractivity contribution in [1.82, 2.24) is 0 Å². The quantitative estimate of drug-likeness (QED) is 0.273. The second-order valence-electron chi connectivity index (χ2n) is 5.04. The average molecular weight is 259 g/mol. The van der Waals surface area contributed by atoms with Crippen molar-refractivity contribution < 1.29 is 4.79 Å². The summed E-state index contributed by atoms with van der Waals surface area (Å²) in [5, 5.41) is -0.193. The molecule has 0 N–H and O–H groups in total. The van der Waals surface area contributed by atoms with Gasteiger partial charge in [0, 0.05) is 6.42 Å². The van der Waals surface area contributed by atoms with Gasteiger partial charge in [-0.15, -0.1) is 0 Å². The van der Waals surface area contributed by atoms with Gasteiger partial charge in [0.1, 0.15) is 0 Å². The Hall–Kier alpha value is -0.300. The molecule has 0 aliphatic heterocycles. The van der Waals surface area contributed by atoms with Crippen LogP contribution < -0.4 is 0 Å². The van der Waals surface area contributed by atoms with Gasteiger partial charge in [-0.3, -0.25) is 4.79 Å². The van der Waals surface area contributed by atoms with Crippen LogP contribution in [-0.4, -0.2) is 5.24 Å². The number of hydrogen-bond acceptors (Lipinski definition) is 1. The zero-order valence-electron chi connectivity index (χ0n) is 11.4. The van der Waals surface area contributed by atoms with E-state index in [2.05, 4.69) is 26.0 Å². The van der Waals surface area contributed by atoms with Gasteiger partial charge in [-0.2, -0.15) is 0 Å². The topological polar surface area (TPSA) is 17.1 Å². The Morgan fingerprint density at radius 2 is 1.53 bits per heavy atom. The average Bonchev–Trinajstić information content (AvgIpc) is 2.25. The van der Waals surface area contributed by atoms with Crippen LogP contribution in [0, 0.1) is 5.92 Å². The Morgan fingerprint density at radius 3 is 2.06 bits per heavy atom. The molecule has 17 heavy (non-hydrogen) atoms. The molecule has 0 aromatic carbocycles. The number of rotatable bonds is 11. The second kappa shape index (κ2) is 12.2. The van der Waals surface area contributed by atoms with E-state index in [0.29, 0.717) is 12.3 Å². The minimum atomic E-state index is -0.193. The van der Waals surface area contributed by atoms with E-state index in [9.17, 15) is 4.79 Å². The number of halogens is 1. The predicted molar refractivity (Wildman–Crippen MR) is 76.4 cm³/mol. The number of allylic oxidation sites excluding steroid dienone is 2. The van der Waals surface area contributed by atoms with E-state index in [1.807, 2.05) is 0 Å². The van der Waals surface area contributed by atoms with Gasteiger partial charge < -0.3 is 0 Å². The molecule has 0 aliphatic carbocycles. The first-order valence-corrected chi connectivity index (χ1v) is 7.35. The molecular weight excluding hydrogens is 232 g/mol. The van der Waals surface area contributed by atoms with Crippen LogP contribution in [0.3, 0.4) is 0 Å². The highest BCUT2D eigenvalue weighted by molar-refractivity contribution is 6.63. The van der Waals surface area contributed by atoms with Crippen LogP contribution in [0.4, 0.5) is 0 Å². The van der Waals surface area contributed by atoms with Crippen LogP contribution in [0.2, 0.25) is 0 Å². The molecule has 0 aliphatic rings. The highest BCUT2D eigenvalue weighted by Gasteiger charge is 1.95. The predicted octanol–water partition coefficient (Wildman–Crippen LogP) is 5.47. The number of unbranched alkanes of at least 4 members (excludes halogenated alkanes) is 7. The standard InChI is InChI=1S/C15H27ClO/c1-14(2)12-10-8-6-4-3-5-7-9-11-13-15(16)17/h10,12,14H,3-9,11,13H2,1-2H3. The maximum Gasteiger partial charge on any atom is 0.221 e. The van der Waals surface area contributed by atoms with Crippen molar-refractivity contribution in [3.63, 3.8) is 0 Å². The fourth-order valence-electron chi connectivity index (χ4n) is 1.78. The van der Waals surface area contributed by atoms with E-state index in [0.717, 1.165) is 12.8 Å². The van der Waals surface area contributed by atoms with Crippen LogP contribution in [0.5, 0.6) is 0 Å². The first kappa shape index (κ1) is 16.7. The summed E-state index contributed by atoms with van der Waals surface area (Å²) in [6.45, 7) is 4.42. The zero-order chi connectivity index (χ0) is 12.9. The van der Waals surface area contributed by atoms with Crippen molar-refractivity contribution in [3.05, 3.63) is 12.2 Å². The minimum Gasteiger partial charge on any atom is -0.281 e. The summed E-state index contributed by atoms with van der Waals surface area (Å²) in [5.74, 6) is 0.680. The Kier molecular flexibility index (Phi) is 12.0. The fourth-order valence-corrected chi connectivity index (χ4v) is 1.91. The molecule has 0 bridgehead atoms. The van der Waals surface area contributed by atoms with Gasteiger partial charge in [-0.25, -0.2) is 0 Å². The first-order valence-electron chi connectivity index (χ1n) is 6.98. The van der Waals surface area contributed by atoms with Gasteiger partial charge in [-0.1, -0.05) is 58.1 Å². The molecule has 100 valence electrons. The summed E-state index contributed by atoms with van der Waals surface area (Å²) in [5.41, 5.74) is 0. The third-order valence-corrected chi connectivity index (χ3v) is 2.95. The summed E-state index contributed by atoms with van der Waals surface area (Å²) in [4.78, 5) is 10.5. The monoisotopic (exact) mass is 258 g/mol. The number of carbonyl (C=O) groups is 1. The SMILES string of the molecule is CC(C)C=CCCCCCCCCCC(=O)Cl. The lowest BCUT2D eigenvalue weighted by Gasteiger charge is -2.00. The fraction of sp³-hybridized carbons (Fsp3) is 0.800. The molecule has 0 rings (SSSR count). The molecule has 0 aromatic heterocycles. The van der Waals surface area contributed by atoms with Crippen molar-refractivity contribution >= 4 is 16.8 Å². The molecule has 2 heteroatoms. The van der Waals surface area contributed by atoms with Gasteiger partial charge in [0.15, 0.2) is 0 Å². The number of hydrogen-bond donors (Lipinski definition) is 0. The molecule has 0 atom stereocenters. The van der Waals surface area contributed by atoms with Gasteiger partial charge in [0.05, 0.1) is 0 Å². The van der Waals surface area contributed by atoms with E-state index in [1.165, 1.54) is 38.5 Å². The lowest BCUT2D eigenvalue weighted by atomic mass is 10.1. The van der Waals surface area contributed by atoms with Gasteiger partial charge in [-0.05, 0) is 36.8 Å². The van der Waals surface area contributed by atoms with Crippen molar-refractivity contribution in [2.45, 2.75) is 71.6 Å². The number of carbonyl (C=O) groups excluding carboxylic acids is 1. The minimum absolute atomic E-state index is 0.193. The Bertz CT molecular complexity index is 209. The lowest BCUT2D eigenvalue weighted by molar-refractivity contribution is -0.111. The molecule has 0 spiro atoms. The zero-order valence-corrected chi connectivity index (χ0v) is 12.1. The molecule has 0 fully saturated rings. The summed E-state index contributed by atoms with van der Waals surface area (Å²) in [6.07, 6.45) is 15.0. The van der Waals surface area contributed by atoms with Crippen molar-refractivity contribution in [2.75, 3.05) is 0 Å². The summed E-state index contributed by atoms with van der Waals surface area (Å²) in [6, 6.07) is 0. The maximum absolute atomic E-state index is 10.5. The second-order valence-corrected chi connectivity index (χ2v) is 5.46. The first-order chi connectivity index (χ1) is 8.13. The van der Waals surface area contributed by atoms with Crippen LogP contribution in [0.25, 0.3) is 0 Å². The van der Waals surface area contributed by atoms with Crippen LogP contribution in [-0.2, 0) is 4.79 Å². The van der Waals surface area contributed by atoms with Gasteiger partial charge in [0.2, 0.25) is 5.24 Å². The lowest BCUT2D eigenvalue weighted by Crippen LogP contribution is -1.86. The van der Waals surface area contributed by atoms with Gasteiger partial charge in [0.25, 0.3) is 0 Å². The van der Waals surface area contributed by atoms with Crippen LogP contribution >= 0.6 is 11.6 Å². The van der Waals surface area contributed by atoms with E-state index >= 15 is 0 Å². The molecule has 0 radical (unpaired) electrons. The summed E-state index contributed by atoms with van der Waals surface area (Å²) in [7, 11) is 0. The molecule has 0 heterocycles. The maximum atomic E-state index is 10.5. The smallest absolute Gasteiger partial charge is 0.221 e. The molecule has 0 aromatic rings. The highest BCUT2D eigenvalue weighted by Crippen LogP contribution is 2.10. The van der Waals surface area contributed by atoms with E-state index in [-0.39, 0.29) is 5.24 Å². The molecule has 1 nitrogen and oxygen atoms in total. The Balaban J connectivity index is 3.06. The van der Waals surface area contributed by atoms with E-state index in [1.54, 1.807) is 0 Å². The van der Waals surface area contributed by atoms with Crippen molar-refractivity contribution in [1.29, 1.82) is 0 Å². The van der Waals surface area contributed by atoms with Crippen LogP contribution in [0.1, 0.15) is 71.6 Å². The molecule has 0 unspecified atom stereocenters. The molecule has 0 amide bonds. The van der Waals surface area contributed by atoms with Crippen molar-refractivity contribution in [2.24, 2.45) is 5.92 Å². The Morgan fingerprint density at radius 1 is 1.00 bits per heavy atom. The molecule has 0 saturated carbocycles. The third kappa shape index (κ3) is 15.7. The molecular formula is C15H27ClO.